The maximum Gasteiger partial charge on any atom is 0.455 e. The number of carbonyl (C=O) groups excluding carboxylic acids is 2. The Morgan fingerprint density at radius 3 is 2.83 bits per heavy atom. The Morgan fingerprint density at radius 1 is 1.67 bits per heavy atom. The molecule has 1 unspecified atom stereocenters. The van der Waals surface area contributed by atoms with Crippen LogP contribution < -0.4 is 26.7 Å². The lowest BCUT2D eigenvalue weighted by atomic mass is 10.3. The summed E-state index contributed by atoms with van der Waals surface area (Å²) < 4.78 is 6.93. The van der Waals surface area contributed by atoms with Crippen LogP contribution in [0.4, 0.5) is 0 Å². The third-order valence-electron chi connectivity index (χ3n) is 2.05. The van der Waals surface area contributed by atoms with Gasteiger partial charge in [-0.2, -0.15) is 0 Å². The van der Waals surface area contributed by atoms with E-state index < -0.39 is 11.9 Å². The van der Waals surface area contributed by atoms with Crippen molar-refractivity contribution < 1.29 is 23.8 Å². The number of rotatable bonds is 3. The third kappa shape index (κ3) is 2.63. The summed E-state index contributed by atoms with van der Waals surface area (Å²) >= 11 is 0. The number of hydrogen-bond acceptors (Lipinski definition) is 6. The minimum atomic E-state index is -0.704. The van der Waals surface area contributed by atoms with Crippen molar-refractivity contribution in [2.45, 2.75) is 13.2 Å². The average Bonchev–Trinajstić information content (AvgIpc) is 3.05. The van der Waals surface area contributed by atoms with Crippen LogP contribution in [0.3, 0.4) is 0 Å². The Labute approximate surface area is 101 Å². The highest BCUT2D eigenvalue weighted by Gasteiger charge is 2.28. The average molecular weight is 254 g/mol. The lowest BCUT2D eigenvalue weighted by Gasteiger charge is -2.03. The normalized spacial score (nSPS) is 18.5. The smallest absolute Gasteiger partial charge is 0.365 e. The molecule has 1 fully saturated rings. The van der Waals surface area contributed by atoms with Crippen molar-refractivity contribution in [1.29, 1.82) is 0 Å². The van der Waals surface area contributed by atoms with Crippen LogP contribution in [-0.2, 0) is 9.53 Å². The summed E-state index contributed by atoms with van der Waals surface area (Å²) in [6.45, 7) is 1.68. The molecule has 1 aliphatic rings. The van der Waals surface area contributed by atoms with E-state index in [2.05, 4.69) is 4.99 Å². The van der Waals surface area contributed by atoms with Gasteiger partial charge in [-0.25, -0.2) is 4.79 Å². The van der Waals surface area contributed by atoms with Crippen LogP contribution in [0, 0.1) is 0 Å². The molecule has 1 atom stereocenters. The first kappa shape index (κ1) is 12.0. The number of carbonyl (C=O) groups is 2. The second-order valence-corrected chi connectivity index (χ2v) is 3.61. The van der Waals surface area contributed by atoms with Crippen LogP contribution in [0.2, 0.25) is 0 Å². The number of epoxide rings is 1. The molecule has 0 radical (unpaired) electrons. The van der Waals surface area contributed by atoms with E-state index >= 15 is 0 Å². The van der Waals surface area contributed by atoms with Crippen molar-refractivity contribution in [2.75, 3.05) is 12.4 Å². The Hall–Kier alpha value is -2.42. The van der Waals surface area contributed by atoms with E-state index in [-0.39, 0.29) is 17.4 Å². The third-order valence-corrected chi connectivity index (χ3v) is 2.05. The van der Waals surface area contributed by atoms with Crippen molar-refractivity contribution in [3.63, 3.8) is 0 Å². The maximum absolute atomic E-state index is 11.1. The molecule has 0 aromatic carbocycles. The summed E-state index contributed by atoms with van der Waals surface area (Å²) in [6.07, 6.45) is 2.19. The number of ether oxygens (including phenoxy) is 1. The standard InChI is InChI=1S/C9H11N5O4/c1-5(15)18-14-3-6(8(10)16)2-13(11)9(14)12-7-4-17-7/h2-3,7H,4,11H2,1H3,(H-,10,16)/p+1/b12-9-. The maximum atomic E-state index is 11.1. The molecule has 1 aromatic rings. The Bertz CT molecular complexity index is 575. The summed E-state index contributed by atoms with van der Waals surface area (Å²) in [5, 5.41) is 0. The first-order chi connectivity index (χ1) is 8.47. The van der Waals surface area contributed by atoms with Gasteiger partial charge in [0.05, 0.1) is 0 Å². The predicted octanol–water partition coefficient (Wildman–Crippen LogP) is -3.18. The van der Waals surface area contributed by atoms with Gasteiger partial charge in [-0.1, -0.05) is 4.99 Å². The Balaban J connectivity index is 2.55. The largest absolute Gasteiger partial charge is 0.455 e. The van der Waals surface area contributed by atoms with E-state index in [4.69, 9.17) is 21.2 Å². The van der Waals surface area contributed by atoms with Gasteiger partial charge in [0, 0.05) is 6.92 Å². The van der Waals surface area contributed by atoms with Crippen molar-refractivity contribution in [3.8, 4) is 0 Å². The first-order valence-corrected chi connectivity index (χ1v) is 5.05. The number of nitrogens with zero attached hydrogens (tertiary/aromatic N) is 3. The summed E-state index contributed by atoms with van der Waals surface area (Å²) in [5.74, 6) is 4.37. The first-order valence-electron chi connectivity index (χ1n) is 5.05. The van der Waals surface area contributed by atoms with E-state index in [1.54, 1.807) is 0 Å². The molecule has 18 heavy (non-hydrogen) atoms. The molecule has 9 nitrogen and oxygen atoms in total. The second kappa shape index (κ2) is 4.45. The van der Waals surface area contributed by atoms with Crippen molar-refractivity contribution in [1.82, 2.24) is 4.73 Å². The summed E-state index contributed by atoms with van der Waals surface area (Å²) in [6, 6.07) is 0. The molecular weight excluding hydrogens is 242 g/mol. The van der Waals surface area contributed by atoms with Gasteiger partial charge in [0.25, 0.3) is 5.91 Å². The molecule has 0 spiro atoms. The second-order valence-electron chi connectivity index (χ2n) is 3.61. The highest BCUT2D eigenvalue weighted by atomic mass is 16.7. The fourth-order valence-corrected chi connectivity index (χ4v) is 1.24. The monoisotopic (exact) mass is 254 g/mol. The molecule has 1 aliphatic heterocycles. The summed E-state index contributed by atoms with van der Waals surface area (Å²) in [5.41, 5.74) is 5.33. The highest BCUT2D eigenvalue weighted by molar-refractivity contribution is 5.91. The van der Waals surface area contributed by atoms with Crippen LogP contribution in [0.15, 0.2) is 17.4 Å². The van der Waals surface area contributed by atoms with E-state index in [1.807, 2.05) is 0 Å². The fourth-order valence-electron chi connectivity index (χ4n) is 1.24. The van der Waals surface area contributed by atoms with Gasteiger partial charge in [-0.05, 0) is 4.73 Å². The minimum absolute atomic E-state index is 0.0782. The zero-order chi connectivity index (χ0) is 13.3. The van der Waals surface area contributed by atoms with Gasteiger partial charge in [0.1, 0.15) is 24.6 Å². The van der Waals surface area contributed by atoms with Crippen molar-refractivity contribution >= 4 is 11.9 Å². The van der Waals surface area contributed by atoms with Crippen LogP contribution >= 0.6 is 0 Å². The predicted molar refractivity (Wildman–Crippen MR) is 55.9 cm³/mol. The lowest BCUT2D eigenvalue weighted by molar-refractivity contribution is -0.664. The van der Waals surface area contributed by atoms with Gasteiger partial charge in [0.2, 0.25) is 6.23 Å². The Kier molecular flexibility index (Phi) is 2.98. The van der Waals surface area contributed by atoms with Crippen LogP contribution in [0.1, 0.15) is 17.3 Å². The molecule has 96 valence electrons. The van der Waals surface area contributed by atoms with Gasteiger partial charge < -0.3 is 10.5 Å². The number of nitrogen functional groups attached to an aromatic ring is 1. The molecule has 0 bridgehead atoms. The molecule has 1 amide bonds. The van der Waals surface area contributed by atoms with Crippen LogP contribution in [0.5, 0.6) is 0 Å². The Morgan fingerprint density at radius 2 is 2.33 bits per heavy atom. The molecule has 1 aromatic heterocycles. The molecule has 2 heterocycles. The fraction of sp³-hybridized carbons (Fsp3) is 0.333. The highest BCUT2D eigenvalue weighted by Crippen LogP contribution is 2.07. The number of aromatic nitrogens is 2. The zero-order valence-corrected chi connectivity index (χ0v) is 9.57. The number of primary amides is 1. The molecule has 1 saturated heterocycles. The molecule has 0 aliphatic carbocycles. The van der Waals surface area contributed by atoms with E-state index in [0.29, 0.717) is 6.61 Å². The SMILES string of the molecule is CC(=O)On1cc(C(N)=O)c[n+](N)/c1=N/C1CO1. The van der Waals surface area contributed by atoms with E-state index in [9.17, 15) is 9.59 Å². The van der Waals surface area contributed by atoms with Crippen molar-refractivity contribution in [2.24, 2.45) is 10.7 Å². The molecule has 4 N–H and O–H groups in total. The van der Waals surface area contributed by atoms with Crippen LogP contribution in [0.25, 0.3) is 0 Å². The van der Waals surface area contributed by atoms with Gasteiger partial charge in [-0.15, -0.1) is 4.68 Å². The zero-order valence-electron chi connectivity index (χ0n) is 9.57. The number of hydrogen-bond donors (Lipinski definition) is 2. The van der Waals surface area contributed by atoms with E-state index in [0.717, 1.165) is 9.41 Å². The van der Waals surface area contributed by atoms with Crippen LogP contribution in [-0.4, -0.2) is 29.4 Å². The molecule has 2 rings (SSSR count). The summed E-state index contributed by atoms with van der Waals surface area (Å²) in [7, 11) is 0. The topological polar surface area (TPSA) is 129 Å². The minimum Gasteiger partial charge on any atom is -0.365 e. The molecule has 0 saturated carbocycles. The lowest BCUT2D eigenvalue weighted by Crippen LogP contribution is -2.63. The molecule has 9 heteroatoms. The number of nitrogens with two attached hydrogens (primary N) is 2. The van der Waals surface area contributed by atoms with Crippen molar-refractivity contribution in [3.05, 3.63) is 23.6 Å². The van der Waals surface area contributed by atoms with Gasteiger partial charge in [0.15, 0.2) is 0 Å². The molecular formula is C9H12N5O4+. The number of amides is 1. The van der Waals surface area contributed by atoms with Gasteiger partial charge >= 0.3 is 11.6 Å². The quantitative estimate of drug-likeness (QED) is 0.334. The summed E-state index contributed by atoms with van der Waals surface area (Å²) in [4.78, 5) is 31.0. The van der Waals surface area contributed by atoms with Gasteiger partial charge in [-0.3, -0.25) is 15.5 Å². The van der Waals surface area contributed by atoms with E-state index in [1.165, 1.54) is 19.3 Å².